The third-order valence-corrected chi connectivity index (χ3v) is 5.47. The predicted octanol–water partition coefficient (Wildman–Crippen LogP) is 4.11. The van der Waals surface area contributed by atoms with Gasteiger partial charge in [0.15, 0.2) is 0 Å². The highest BCUT2D eigenvalue weighted by atomic mass is 16.5. The van der Waals surface area contributed by atoms with Crippen molar-refractivity contribution >= 4 is 16.7 Å². The first-order valence-corrected chi connectivity index (χ1v) is 9.55. The first-order valence-electron chi connectivity index (χ1n) is 9.55. The Morgan fingerprint density at radius 1 is 1.15 bits per heavy atom. The maximum absolute atomic E-state index is 9.86. The molecule has 1 saturated heterocycles. The first kappa shape index (κ1) is 17.8. The Kier molecular flexibility index (Phi) is 4.99. The molecule has 140 valence electrons. The second-order valence-electron chi connectivity index (χ2n) is 7.48. The minimum absolute atomic E-state index is 0.0196. The van der Waals surface area contributed by atoms with Crippen LogP contribution in [-0.4, -0.2) is 30.3 Å². The van der Waals surface area contributed by atoms with Crippen LogP contribution in [0.4, 0.5) is 5.82 Å². The van der Waals surface area contributed by atoms with Crippen molar-refractivity contribution in [2.75, 3.05) is 25.1 Å². The molecule has 1 atom stereocenters. The lowest BCUT2D eigenvalue weighted by atomic mass is 9.99. The molecule has 1 unspecified atom stereocenters. The van der Waals surface area contributed by atoms with Crippen LogP contribution in [0.15, 0.2) is 48.5 Å². The zero-order valence-electron chi connectivity index (χ0n) is 16.0. The van der Waals surface area contributed by atoms with E-state index in [4.69, 9.17) is 9.72 Å². The molecule has 0 spiro atoms. The van der Waals surface area contributed by atoms with Gasteiger partial charge in [-0.3, -0.25) is 0 Å². The number of anilines is 1. The van der Waals surface area contributed by atoms with Gasteiger partial charge in [0.25, 0.3) is 0 Å². The van der Waals surface area contributed by atoms with E-state index < -0.39 is 0 Å². The fourth-order valence-corrected chi connectivity index (χ4v) is 3.99. The summed E-state index contributed by atoms with van der Waals surface area (Å²) < 4.78 is 5.24. The minimum atomic E-state index is 0.0196. The molecule has 2 heterocycles. The molecule has 4 heteroatoms. The van der Waals surface area contributed by atoms with E-state index in [-0.39, 0.29) is 6.61 Å². The Morgan fingerprint density at radius 3 is 2.70 bits per heavy atom. The van der Waals surface area contributed by atoms with E-state index in [1.165, 1.54) is 11.1 Å². The van der Waals surface area contributed by atoms with Crippen molar-refractivity contribution in [2.24, 2.45) is 5.92 Å². The Balaban J connectivity index is 1.53. The van der Waals surface area contributed by atoms with E-state index >= 15 is 0 Å². The van der Waals surface area contributed by atoms with E-state index in [1.807, 2.05) is 12.1 Å². The highest BCUT2D eigenvalue weighted by Gasteiger charge is 2.25. The van der Waals surface area contributed by atoms with Gasteiger partial charge in [0, 0.05) is 24.0 Å². The number of rotatable bonds is 5. The predicted molar refractivity (Wildman–Crippen MR) is 109 cm³/mol. The van der Waals surface area contributed by atoms with Crippen LogP contribution in [-0.2, 0) is 13.0 Å². The number of fused-ring (bicyclic) bond motifs is 1. The van der Waals surface area contributed by atoms with Gasteiger partial charge in [0.1, 0.15) is 11.6 Å². The zero-order valence-corrected chi connectivity index (χ0v) is 16.0. The average molecular weight is 362 g/mol. The van der Waals surface area contributed by atoms with E-state index in [0.29, 0.717) is 5.92 Å². The fourth-order valence-electron chi connectivity index (χ4n) is 3.99. The van der Waals surface area contributed by atoms with Gasteiger partial charge in [-0.25, -0.2) is 4.98 Å². The number of methoxy groups -OCH3 is 1. The van der Waals surface area contributed by atoms with Crippen LogP contribution in [0.3, 0.4) is 0 Å². The van der Waals surface area contributed by atoms with Crippen LogP contribution >= 0.6 is 0 Å². The van der Waals surface area contributed by atoms with Gasteiger partial charge in [-0.1, -0.05) is 24.3 Å². The zero-order chi connectivity index (χ0) is 18.8. The molecule has 4 nitrogen and oxygen atoms in total. The minimum Gasteiger partial charge on any atom is -0.497 e. The largest absolute Gasteiger partial charge is 0.497 e. The summed E-state index contributed by atoms with van der Waals surface area (Å²) in [6.07, 6.45) is 2.20. The highest BCUT2D eigenvalue weighted by Crippen LogP contribution is 2.30. The van der Waals surface area contributed by atoms with Crippen molar-refractivity contribution in [1.82, 2.24) is 4.98 Å². The Bertz CT molecular complexity index is 937. The normalized spacial score (nSPS) is 16.9. The topological polar surface area (TPSA) is 45.6 Å². The summed E-state index contributed by atoms with van der Waals surface area (Å²) in [5.74, 6) is 2.43. The molecular weight excluding hydrogens is 336 g/mol. The lowest BCUT2D eigenvalue weighted by Gasteiger charge is -2.21. The fraction of sp³-hybridized carbons (Fsp3) is 0.348. The van der Waals surface area contributed by atoms with Crippen LogP contribution < -0.4 is 9.64 Å². The second-order valence-corrected chi connectivity index (χ2v) is 7.48. The van der Waals surface area contributed by atoms with Crippen LogP contribution in [0.25, 0.3) is 10.9 Å². The number of ether oxygens (including phenoxy) is 1. The van der Waals surface area contributed by atoms with Crippen LogP contribution in [0, 0.1) is 12.8 Å². The molecule has 0 radical (unpaired) electrons. The summed E-state index contributed by atoms with van der Waals surface area (Å²) in [6.45, 7) is 4.06. The molecule has 1 aromatic heterocycles. The molecule has 1 aliphatic rings. The maximum atomic E-state index is 9.86. The standard InChI is InChI=1S/C23H26N2O2/c1-16-3-6-19-13-20(15-26)23(24-22(19)11-16)25-10-9-18(14-25)12-17-4-7-21(27-2)8-5-17/h3-8,11,13,18,26H,9-10,12,14-15H2,1-2H3. The van der Waals surface area contributed by atoms with Crippen LogP contribution in [0.5, 0.6) is 5.75 Å². The smallest absolute Gasteiger partial charge is 0.134 e. The van der Waals surface area contributed by atoms with Crippen molar-refractivity contribution in [3.05, 3.63) is 65.2 Å². The Labute approximate surface area is 160 Å². The molecule has 1 aliphatic heterocycles. The first-order chi connectivity index (χ1) is 13.2. The lowest BCUT2D eigenvalue weighted by molar-refractivity contribution is 0.282. The summed E-state index contributed by atoms with van der Waals surface area (Å²) in [7, 11) is 1.70. The van der Waals surface area contributed by atoms with Gasteiger partial charge in [-0.15, -0.1) is 0 Å². The number of nitrogens with zero attached hydrogens (tertiary/aromatic N) is 2. The second kappa shape index (κ2) is 7.57. The molecule has 1 N–H and O–H groups in total. The SMILES string of the molecule is COc1ccc(CC2CCN(c3nc4cc(C)ccc4cc3CO)C2)cc1. The molecule has 27 heavy (non-hydrogen) atoms. The van der Waals surface area contributed by atoms with Gasteiger partial charge in [-0.2, -0.15) is 0 Å². The highest BCUT2D eigenvalue weighted by molar-refractivity contribution is 5.82. The number of pyridine rings is 1. The van der Waals surface area contributed by atoms with E-state index in [0.717, 1.165) is 54.0 Å². The van der Waals surface area contributed by atoms with Crippen LogP contribution in [0.1, 0.15) is 23.1 Å². The Morgan fingerprint density at radius 2 is 1.96 bits per heavy atom. The lowest BCUT2D eigenvalue weighted by Crippen LogP contribution is -2.23. The van der Waals surface area contributed by atoms with E-state index in [9.17, 15) is 5.11 Å². The molecule has 0 aliphatic carbocycles. The number of aliphatic hydroxyl groups excluding tert-OH is 1. The average Bonchev–Trinajstić information content (AvgIpc) is 3.15. The third-order valence-electron chi connectivity index (χ3n) is 5.47. The number of aromatic nitrogens is 1. The van der Waals surface area contributed by atoms with Gasteiger partial charge >= 0.3 is 0 Å². The number of aliphatic hydroxyl groups is 1. The molecule has 0 saturated carbocycles. The quantitative estimate of drug-likeness (QED) is 0.742. The number of hydrogen-bond donors (Lipinski definition) is 1. The van der Waals surface area contributed by atoms with Crippen molar-refractivity contribution in [3.8, 4) is 5.75 Å². The molecule has 0 bridgehead atoms. The van der Waals surface area contributed by atoms with Crippen molar-refractivity contribution < 1.29 is 9.84 Å². The number of aryl methyl sites for hydroxylation is 1. The van der Waals surface area contributed by atoms with Crippen molar-refractivity contribution in [1.29, 1.82) is 0 Å². The van der Waals surface area contributed by atoms with E-state index in [2.05, 4.69) is 48.2 Å². The van der Waals surface area contributed by atoms with Gasteiger partial charge in [0.05, 0.1) is 19.2 Å². The molecule has 2 aromatic carbocycles. The van der Waals surface area contributed by atoms with Crippen molar-refractivity contribution in [3.63, 3.8) is 0 Å². The summed E-state index contributed by atoms with van der Waals surface area (Å²) in [4.78, 5) is 7.24. The van der Waals surface area contributed by atoms with E-state index in [1.54, 1.807) is 7.11 Å². The molecule has 3 aromatic rings. The molecular formula is C23H26N2O2. The van der Waals surface area contributed by atoms with Gasteiger partial charge < -0.3 is 14.7 Å². The maximum Gasteiger partial charge on any atom is 0.134 e. The van der Waals surface area contributed by atoms with Crippen LogP contribution in [0.2, 0.25) is 0 Å². The molecule has 4 rings (SSSR count). The molecule has 1 fully saturated rings. The monoisotopic (exact) mass is 362 g/mol. The summed E-state index contributed by atoms with van der Waals surface area (Å²) in [6, 6.07) is 16.7. The van der Waals surface area contributed by atoms with Gasteiger partial charge in [0.2, 0.25) is 0 Å². The molecule has 0 amide bonds. The van der Waals surface area contributed by atoms with Gasteiger partial charge in [-0.05, 0) is 61.1 Å². The number of benzene rings is 2. The number of hydrogen-bond acceptors (Lipinski definition) is 4. The van der Waals surface area contributed by atoms with Crippen molar-refractivity contribution in [2.45, 2.75) is 26.4 Å². The summed E-state index contributed by atoms with van der Waals surface area (Å²) >= 11 is 0. The third kappa shape index (κ3) is 3.76. The Hall–Kier alpha value is -2.59. The summed E-state index contributed by atoms with van der Waals surface area (Å²) in [5, 5.41) is 11.0. The summed E-state index contributed by atoms with van der Waals surface area (Å²) in [5.41, 5.74) is 4.46.